The number of fused-ring (bicyclic) bond motifs is 1. The molecular weight excluding hydrogens is 434 g/mol. The van der Waals surface area contributed by atoms with Crippen LogP contribution in [0.2, 0.25) is 0 Å². The fourth-order valence-electron chi connectivity index (χ4n) is 3.65. The van der Waals surface area contributed by atoms with Crippen LogP contribution < -0.4 is 14.8 Å². The van der Waals surface area contributed by atoms with Crippen LogP contribution in [0.5, 0.6) is 11.5 Å². The van der Waals surface area contributed by atoms with Crippen molar-refractivity contribution in [1.82, 2.24) is 15.5 Å². The fourth-order valence-corrected chi connectivity index (χ4v) is 3.65. The van der Waals surface area contributed by atoms with Gasteiger partial charge in [0.2, 0.25) is 24.4 Å². The summed E-state index contributed by atoms with van der Waals surface area (Å²) in [4.78, 5) is 17.2. The van der Waals surface area contributed by atoms with Gasteiger partial charge in [-0.2, -0.15) is 4.98 Å². The molecule has 0 saturated carbocycles. The lowest BCUT2D eigenvalue weighted by Gasteiger charge is -2.15. The van der Waals surface area contributed by atoms with Gasteiger partial charge in [-0.05, 0) is 29.3 Å². The average Bonchev–Trinajstić information content (AvgIpc) is 3.54. The molecule has 2 heterocycles. The van der Waals surface area contributed by atoms with E-state index in [1.54, 1.807) is 12.1 Å². The molecule has 0 bridgehead atoms. The maximum atomic E-state index is 12.7. The van der Waals surface area contributed by atoms with Crippen molar-refractivity contribution in [1.29, 1.82) is 0 Å². The second-order valence-corrected chi connectivity index (χ2v) is 7.81. The normalized spacial score (nSPS) is 12.9. The van der Waals surface area contributed by atoms with Crippen LogP contribution in [-0.4, -0.2) is 29.4 Å². The van der Waals surface area contributed by atoms with Gasteiger partial charge in [-0.15, -0.1) is 0 Å². The van der Waals surface area contributed by atoms with Gasteiger partial charge in [0.15, 0.2) is 11.5 Å². The van der Waals surface area contributed by atoms with Gasteiger partial charge >= 0.3 is 0 Å². The number of amides is 1. The molecule has 1 aliphatic rings. The topological polar surface area (TPSA) is 95.7 Å². The molecule has 8 heteroatoms. The zero-order chi connectivity index (χ0) is 23.2. The van der Waals surface area contributed by atoms with E-state index in [-0.39, 0.29) is 19.3 Å². The zero-order valence-corrected chi connectivity index (χ0v) is 18.3. The molecule has 0 spiro atoms. The van der Waals surface area contributed by atoms with Gasteiger partial charge < -0.3 is 24.1 Å². The number of hydrogen-bond acceptors (Lipinski definition) is 7. The third-order valence-corrected chi connectivity index (χ3v) is 5.33. The molecule has 8 nitrogen and oxygen atoms in total. The summed E-state index contributed by atoms with van der Waals surface area (Å²) in [5, 5.41) is 7.09. The Labute approximate surface area is 196 Å². The molecule has 0 unspecified atom stereocenters. The minimum Gasteiger partial charge on any atom is -0.454 e. The highest BCUT2D eigenvalue weighted by Gasteiger charge is 2.23. The Morgan fingerprint density at radius 1 is 0.941 bits per heavy atom. The minimum absolute atomic E-state index is 0.0800. The van der Waals surface area contributed by atoms with Gasteiger partial charge in [-0.1, -0.05) is 65.8 Å². The van der Waals surface area contributed by atoms with Gasteiger partial charge in [0.05, 0.1) is 6.61 Å². The number of aromatic nitrogens is 2. The first kappa shape index (κ1) is 21.7. The molecule has 172 valence electrons. The molecule has 5 rings (SSSR count). The first-order valence-electron chi connectivity index (χ1n) is 10.9. The SMILES string of the molecule is O=C(COCc1ccccc1)N[C@@H](Cc1ccccc1)c1nc(-c2ccc3c(c2)OCO3)no1. The van der Waals surface area contributed by atoms with E-state index >= 15 is 0 Å². The molecule has 0 radical (unpaired) electrons. The van der Waals surface area contributed by atoms with E-state index in [1.807, 2.05) is 66.7 Å². The van der Waals surface area contributed by atoms with Crippen molar-refractivity contribution >= 4 is 5.91 Å². The molecule has 3 aromatic carbocycles. The lowest BCUT2D eigenvalue weighted by atomic mass is 10.1. The summed E-state index contributed by atoms with van der Waals surface area (Å²) in [6, 6.07) is 24.5. The Kier molecular flexibility index (Phi) is 6.49. The zero-order valence-electron chi connectivity index (χ0n) is 18.3. The summed E-state index contributed by atoms with van der Waals surface area (Å²) in [6.07, 6.45) is 0.494. The quantitative estimate of drug-likeness (QED) is 0.405. The molecule has 1 aliphatic heterocycles. The highest BCUT2D eigenvalue weighted by molar-refractivity contribution is 5.77. The van der Waals surface area contributed by atoms with Crippen LogP contribution in [0, 0.1) is 0 Å². The summed E-state index contributed by atoms with van der Waals surface area (Å²) in [5.74, 6) is 1.76. The van der Waals surface area contributed by atoms with E-state index in [1.165, 1.54) is 0 Å². The van der Waals surface area contributed by atoms with Crippen LogP contribution >= 0.6 is 0 Å². The summed E-state index contributed by atoms with van der Waals surface area (Å²) in [5.41, 5.74) is 2.76. The van der Waals surface area contributed by atoms with Crippen molar-refractivity contribution in [2.75, 3.05) is 13.4 Å². The van der Waals surface area contributed by atoms with Crippen LogP contribution in [-0.2, 0) is 22.6 Å². The Hall–Kier alpha value is -4.17. The molecule has 0 saturated heterocycles. The van der Waals surface area contributed by atoms with Gasteiger partial charge in [0.25, 0.3) is 0 Å². The standard InChI is InChI=1S/C26H23N3O5/c30-24(16-31-15-19-9-5-2-6-10-19)27-21(13-18-7-3-1-4-8-18)26-28-25(29-34-26)20-11-12-22-23(14-20)33-17-32-22/h1-12,14,21H,13,15-17H2,(H,27,30)/t21-/m0/s1. The number of benzene rings is 3. The minimum atomic E-state index is -0.509. The van der Waals surface area contributed by atoms with Crippen LogP contribution in [0.1, 0.15) is 23.1 Å². The van der Waals surface area contributed by atoms with Crippen LogP contribution in [0.25, 0.3) is 11.4 Å². The van der Waals surface area contributed by atoms with E-state index in [4.69, 9.17) is 18.7 Å². The van der Waals surface area contributed by atoms with Crippen molar-refractivity contribution < 1.29 is 23.5 Å². The van der Waals surface area contributed by atoms with Crippen LogP contribution in [0.4, 0.5) is 0 Å². The van der Waals surface area contributed by atoms with Crippen molar-refractivity contribution in [3.63, 3.8) is 0 Å². The van der Waals surface area contributed by atoms with Gasteiger partial charge in [-0.25, -0.2) is 0 Å². The molecule has 1 amide bonds. The van der Waals surface area contributed by atoms with Crippen LogP contribution in [0.3, 0.4) is 0 Å². The molecule has 1 aromatic heterocycles. The predicted octanol–water partition coefficient (Wildman–Crippen LogP) is 4.08. The first-order chi connectivity index (χ1) is 16.7. The average molecular weight is 457 g/mol. The third kappa shape index (κ3) is 5.24. The van der Waals surface area contributed by atoms with Crippen molar-refractivity contribution in [2.45, 2.75) is 19.1 Å². The van der Waals surface area contributed by atoms with Crippen molar-refractivity contribution in [2.24, 2.45) is 0 Å². The van der Waals surface area contributed by atoms with Gasteiger partial charge in [-0.3, -0.25) is 4.79 Å². The first-order valence-corrected chi connectivity index (χ1v) is 10.9. The third-order valence-electron chi connectivity index (χ3n) is 5.33. The lowest BCUT2D eigenvalue weighted by molar-refractivity contribution is -0.127. The van der Waals surface area contributed by atoms with E-state index < -0.39 is 6.04 Å². The Morgan fingerprint density at radius 2 is 1.68 bits per heavy atom. The predicted molar refractivity (Wildman–Crippen MR) is 123 cm³/mol. The largest absolute Gasteiger partial charge is 0.454 e. The van der Waals surface area contributed by atoms with Crippen molar-refractivity contribution in [3.05, 3.63) is 95.9 Å². The monoisotopic (exact) mass is 457 g/mol. The molecule has 4 aromatic rings. The number of carbonyl (C=O) groups excluding carboxylic acids is 1. The number of nitrogens with zero attached hydrogens (tertiary/aromatic N) is 2. The second-order valence-electron chi connectivity index (χ2n) is 7.81. The second kappa shape index (κ2) is 10.2. The summed E-state index contributed by atoms with van der Waals surface area (Å²) in [6.45, 7) is 0.462. The highest BCUT2D eigenvalue weighted by Crippen LogP contribution is 2.35. The van der Waals surface area contributed by atoms with E-state index in [0.717, 1.165) is 16.7 Å². The smallest absolute Gasteiger partial charge is 0.249 e. The highest BCUT2D eigenvalue weighted by atomic mass is 16.7. The number of nitrogens with one attached hydrogen (secondary N) is 1. The number of hydrogen-bond donors (Lipinski definition) is 1. The lowest BCUT2D eigenvalue weighted by Crippen LogP contribution is -2.33. The molecule has 1 atom stereocenters. The molecule has 34 heavy (non-hydrogen) atoms. The van der Waals surface area contributed by atoms with Gasteiger partial charge in [0, 0.05) is 12.0 Å². The maximum Gasteiger partial charge on any atom is 0.249 e. The summed E-state index contributed by atoms with van der Waals surface area (Å²) >= 11 is 0. The number of carbonyl (C=O) groups is 1. The molecular formula is C26H23N3O5. The molecule has 0 fully saturated rings. The van der Waals surface area contributed by atoms with E-state index in [0.29, 0.717) is 36.2 Å². The fraction of sp³-hybridized carbons (Fsp3) is 0.192. The Morgan fingerprint density at radius 3 is 2.47 bits per heavy atom. The maximum absolute atomic E-state index is 12.7. The Balaban J connectivity index is 1.29. The summed E-state index contributed by atoms with van der Waals surface area (Å²) < 4.78 is 21.9. The van der Waals surface area contributed by atoms with Crippen LogP contribution in [0.15, 0.2) is 83.4 Å². The van der Waals surface area contributed by atoms with E-state index in [2.05, 4.69) is 15.5 Å². The molecule has 1 N–H and O–H groups in total. The van der Waals surface area contributed by atoms with E-state index in [9.17, 15) is 4.79 Å². The Bertz CT molecular complexity index is 1240. The number of ether oxygens (including phenoxy) is 3. The molecule has 0 aliphatic carbocycles. The number of rotatable bonds is 9. The van der Waals surface area contributed by atoms with Crippen molar-refractivity contribution in [3.8, 4) is 22.9 Å². The summed E-state index contributed by atoms with van der Waals surface area (Å²) in [7, 11) is 0. The van der Waals surface area contributed by atoms with Gasteiger partial charge in [0.1, 0.15) is 12.6 Å².